The number of benzene rings is 1. The van der Waals surface area contributed by atoms with Crippen LogP contribution >= 0.6 is 11.8 Å². The minimum Gasteiger partial charge on any atom is -0.465 e. The van der Waals surface area contributed by atoms with E-state index in [0.29, 0.717) is 13.2 Å². The lowest BCUT2D eigenvalue weighted by molar-refractivity contribution is -0.153. The Morgan fingerprint density at radius 2 is 2.00 bits per heavy atom. The van der Waals surface area contributed by atoms with Gasteiger partial charge in [0.15, 0.2) is 0 Å². The predicted octanol–water partition coefficient (Wildman–Crippen LogP) is 2.78. The first-order valence-corrected chi connectivity index (χ1v) is 13.2. The molecule has 2 saturated heterocycles. The maximum Gasteiger partial charge on any atom is 0.311 e. The number of esters is 1. The van der Waals surface area contributed by atoms with Gasteiger partial charge in [-0.25, -0.2) is 0 Å². The molecule has 0 saturated carbocycles. The molecule has 1 aromatic carbocycles. The van der Waals surface area contributed by atoms with Crippen LogP contribution in [0.4, 0.5) is 5.69 Å². The lowest BCUT2D eigenvalue weighted by Gasteiger charge is -2.37. The monoisotopic (exact) mass is 496 g/mol. The van der Waals surface area contributed by atoms with E-state index in [2.05, 4.69) is 6.08 Å². The molecule has 0 bridgehead atoms. The summed E-state index contributed by atoms with van der Waals surface area (Å²) in [5.74, 6) is -2.23. The van der Waals surface area contributed by atoms with Crippen LogP contribution in [0.2, 0.25) is 0 Å². The van der Waals surface area contributed by atoms with Gasteiger partial charge in [0, 0.05) is 17.5 Å². The first-order chi connectivity index (χ1) is 16.8. The van der Waals surface area contributed by atoms with E-state index in [-0.39, 0.29) is 29.6 Å². The van der Waals surface area contributed by atoms with E-state index in [1.807, 2.05) is 50.3 Å². The molecule has 4 aliphatic heterocycles. The number of aliphatic hydroxyl groups excluding tert-OH is 1. The van der Waals surface area contributed by atoms with Gasteiger partial charge in [0.1, 0.15) is 6.04 Å². The molecule has 0 aliphatic carbocycles. The maximum atomic E-state index is 14.3. The number of hydrogen-bond acceptors (Lipinski definition) is 6. The van der Waals surface area contributed by atoms with Crippen LogP contribution in [-0.2, 0) is 19.1 Å². The molecule has 6 atom stereocenters. The van der Waals surface area contributed by atoms with Crippen molar-refractivity contribution in [1.82, 2.24) is 4.90 Å². The van der Waals surface area contributed by atoms with Gasteiger partial charge in [0.2, 0.25) is 5.91 Å². The summed E-state index contributed by atoms with van der Waals surface area (Å²) >= 11 is 1.52. The number of anilines is 1. The van der Waals surface area contributed by atoms with Gasteiger partial charge in [-0.05, 0) is 50.8 Å². The first kappa shape index (κ1) is 24.1. The van der Waals surface area contributed by atoms with Gasteiger partial charge in [0.05, 0.1) is 35.8 Å². The highest BCUT2D eigenvalue weighted by Crippen LogP contribution is 2.61. The van der Waals surface area contributed by atoms with Crippen molar-refractivity contribution in [2.75, 3.05) is 24.7 Å². The van der Waals surface area contributed by atoms with E-state index in [4.69, 9.17) is 4.74 Å². The Labute approximate surface area is 210 Å². The number of cyclic esters (lactones) is 1. The quantitative estimate of drug-likeness (QED) is 0.512. The molecular formula is C27H32N2O5S. The molecule has 1 spiro atoms. The largest absolute Gasteiger partial charge is 0.465 e. The fourth-order valence-corrected chi connectivity index (χ4v) is 7.97. The van der Waals surface area contributed by atoms with Crippen LogP contribution in [0.3, 0.4) is 0 Å². The van der Waals surface area contributed by atoms with Crippen LogP contribution in [0.1, 0.15) is 30.9 Å². The van der Waals surface area contributed by atoms with Gasteiger partial charge >= 0.3 is 5.97 Å². The highest BCUT2D eigenvalue weighted by molar-refractivity contribution is 8.02. The number of thioether (sulfide) groups is 1. The highest BCUT2D eigenvalue weighted by Gasteiger charge is 2.71. The molecule has 5 rings (SSSR count). The number of amides is 2. The number of rotatable bonds is 3. The van der Waals surface area contributed by atoms with Crippen LogP contribution in [0, 0.1) is 25.7 Å². The summed E-state index contributed by atoms with van der Waals surface area (Å²) in [4.78, 5) is 44.9. The Hall–Kier alpha value is -2.58. The second kappa shape index (κ2) is 9.13. The van der Waals surface area contributed by atoms with Crippen molar-refractivity contribution in [3.05, 3.63) is 53.6 Å². The van der Waals surface area contributed by atoms with E-state index < -0.39 is 28.7 Å². The molecule has 1 aromatic rings. The summed E-state index contributed by atoms with van der Waals surface area (Å²) in [5, 5.41) is 9.79. The number of hydrogen-bond donors (Lipinski definition) is 1. The molecule has 2 fully saturated rings. The second-order valence-corrected chi connectivity index (χ2v) is 11.5. The van der Waals surface area contributed by atoms with E-state index >= 15 is 0 Å². The van der Waals surface area contributed by atoms with Crippen molar-refractivity contribution < 1.29 is 24.2 Å². The number of fused-ring (bicyclic) bond motifs is 2. The average Bonchev–Trinajstić information content (AvgIpc) is 3.25. The van der Waals surface area contributed by atoms with Crippen LogP contribution in [0.25, 0.3) is 0 Å². The predicted molar refractivity (Wildman–Crippen MR) is 135 cm³/mol. The Morgan fingerprint density at radius 1 is 1.20 bits per heavy atom. The van der Waals surface area contributed by atoms with Gasteiger partial charge in [-0.15, -0.1) is 11.8 Å². The Balaban J connectivity index is 1.65. The summed E-state index contributed by atoms with van der Waals surface area (Å²) in [5.41, 5.74) is 2.83. The minimum atomic E-state index is -0.915. The van der Waals surface area contributed by atoms with Crippen molar-refractivity contribution in [3.63, 3.8) is 0 Å². The summed E-state index contributed by atoms with van der Waals surface area (Å²) in [6.45, 7) is 6.13. The normalized spacial score (nSPS) is 34.2. The minimum absolute atomic E-state index is 0.184. The molecule has 8 heteroatoms. The van der Waals surface area contributed by atoms with Crippen LogP contribution in [-0.4, -0.2) is 69.6 Å². The Morgan fingerprint density at radius 3 is 2.77 bits per heavy atom. The van der Waals surface area contributed by atoms with Gasteiger partial charge in [-0.2, -0.15) is 0 Å². The number of ether oxygens (including phenoxy) is 1. The zero-order valence-corrected chi connectivity index (χ0v) is 21.2. The summed E-state index contributed by atoms with van der Waals surface area (Å²) in [7, 11) is 0. The van der Waals surface area contributed by atoms with E-state index in [1.54, 1.807) is 11.8 Å². The van der Waals surface area contributed by atoms with Crippen molar-refractivity contribution in [1.29, 1.82) is 0 Å². The van der Waals surface area contributed by atoms with Crippen molar-refractivity contribution in [2.45, 2.75) is 55.7 Å². The van der Waals surface area contributed by atoms with Gasteiger partial charge in [-0.1, -0.05) is 36.4 Å². The molecule has 1 N–H and O–H groups in total. The topological polar surface area (TPSA) is 87.2 Å². The maximum absolute atomic E-state index is 14.3. The molecule has 4 heterocycles. The van der Waals surface area contributed by atoms with E-state index in [0.717, 1.165) is 29.7 Å². The molecule has 2 amide bonds. The smallest absolute Gasteiger partial charge is 0.311 e. The fraction of sp³-hybridized carbons (Fsp3) is 0.519. The number of carbonyl (C=O) groups is 3. The van der Waals surface area contributed by atoms with Crippen LogP contribution in [0.15, 0.2) is 42.5 Å². The standard InChI is InChI=1S/C27H32N2O5S/c1-16-9-10-17(2)19(14-16)28-12-7-11-27-22(24(31)29(18(3)15-30)23(27)25(28)32)21-20(35-27)8-5-4-6-13-34-26(21)33/h5,7-11,14,18,20-23,30H,4,6,12-13,15H2,1-3H3/b8-5-/t18-,20-,21+,22+,23?,27+/m1/s1. The van der Waals surface area contributed by atoms with Crippen LogP contribution < -0.4 is 4.90 Å². The molecule has 35 heavy (non-hydrogen) atoms. The Kier molecular flexibility index (Phi) is 6.30. The molecule has 0 aromatic heterocycles. The summed E-state index contributed by atoms with van der Waals surface area (Å²) in [6.07, 6.45) is 9.57. The average molecular weight is 497 g/mol. The summed E-state index contributed by atoms with van der Waals surface area (Å²) < 4.78 is 4.66. The molecule has 7 nitrogen and oxygen atoms in total. The Bertz CT molecular complexity index is 1120. The molecule has 1 unspecified atom stereocenters. The molecule has 186 valence electrons. The second-order valence-electron chi connectivity index (χ2n) is 10.00. The third kappa shape index (κ3) is 3.73. The van der Waals surface area contributed by atoms with Gasteiger partial charge < -0.3 is 19.6 Å². The van der Waals surface area contributed by atoms with Gasteiger partial charge in [-0.3, -0.25) is 14.4 Å². The zero-order valence-electron chi connectivity index (χ0n) is 20.3. The highest BCUT2D eigenvalue weighted by atomic mass is 32.2. The molecular weight excluding hydrogens is 464 g/mol. The van der Waals surface area contributed by atoms with Crippen molar-refractivity contribution in [3.8, 4) is 0 Å². The number of aryl methyl sites for hydroxylation is 2. The third-order valence-corrected chi connectivity index (χ3v) is 9.43. The van der Waals surface area contributed by atoms with Crippen LogP contribution in [0.5, 0.6) is 0 Å². The fourth-order valence-electron chi connectivity index (χ4n) is 5.98. The van der Waals surface area contributed by atoms with E-state index in [1.165, 1.54) is 16.7 Å². The molecule has 0 radical (unpaired) electrons. The third-order valence-electron chi connectivity index (χ3n) is 7.68. The number of aliphatic hydroxyl groups is 1. The zero-order chi connectivity index (χ0) is 24.9. The number of likely N-dealkylation sites (tertiary alicyclic amines) is 1. The van der Waals surface area contributed by atoms with Crippen molar-refractivity contribution >= 4 is 35.2 Å². The number of carbonyl (C=O) groups excluding carboxylic acids is 3. The van der Waals surface area contributed by atoms with Gasteiger partial charge in [0.25, 0.3) is 5.91 Å². The lowest BCUT2D eigenvalue weighted by atomic mass is 9.78. The lowest BCUT2D eigenvalue weighted by Crippen LogP contribution is -2.56. The summed E-state index contributed by atoms with van der Waals surface area (Å²) in [6, 6.07) is 4.61. The number of nitrogens with zero attached hydrogens (tertiary/aromatic N) is 2. The van der Waals surface area contributed by atoms with Crippen molar-refractivity contribution in [2.24, 2.45) is 11.8 Å². The first-order valence-electron chi connectivity index (χ1n) is 12.3. The SMILES string of the molecule is Cc1ccc(C)c(N2CC=C[C@]34S[C@@H]5/C=C\CCCOC(=O)[C@@H]5[C@H]3C(=O)N([C@H](C)CO)C4C2=O)c1. The number of allylic oxidation sites excluding steroid dienone is 1. The molecule has 4 aliphatic rings. The van der Waals surface area contributed by atoms with E-state index in [9.17, 15) is 19.5 Å².